The van der Waals surface area contributed by atoms with Crippen LogP contribution in [0.3, 0.4) is 0 Å². The minimum atomic E-state index is -4.11. The van der Waals surface area contributed by atoms with Gasteiger partial charge in [-0.15, -0.1) is 0 Å². The van der Waals surface area contributed by atoms with Crippen LogP contribution in [0.15, 0.2) is 60.7 Å². The number of esters is 2. The van der Waals surface area contributed by atoms with Crippen molar-refractivity contribution in [2.75, 3.05) is 108 Å². The summed E-state index contributed by atoms with van der Waals surface area (Å²) in [5, 5.41) is 23.4. The number of phosphoric ester groups is 3. The first kappa shape index (κ1) is 86.2. The van der Waals surface area contributed by atoms with Gasteiger partial charge in [-0.1, -0.05) is 50.2 Å². The molecule has 0 aromatic heterocycles. The van der Waals surface area contributed by atoms with Crippen LogP contribution in [-0.2, 0) is 64.2 Å². The molecule has 8 N–H and O–H groups in total. The van der Waals surface area contributed by atoms with E-state index in [0.717, 1.165) is 72.9 Å². The van der Waals surface area contributed by atoms with Crippen LogP contribution in [0.1, 0.15) is 139 Å². The second-order valence-electron chi connectivity index (χ2n) is 17.2. The molecule has 0 saturated carbocycles. The van der Waals surface area contributed by atoms with Crippen molar-refractivity contribution in [3.8, 4) is 0 Å². The molecule has 0 fully saturated rings. The molecule has 0 spiro atoms. The van der Waals surface area contributed by atoms with E-state index in [1.165, 1.54) is 7.05 Å². The van der Waals surface area contributed by atoms with E-state index in [1.54, 1.807) is 48.5 Å². The SMILES string of the molecule is CC.CC(C)N(C(C)C)P(OCCCCC(COC(=O)c1ccccc1)OC(=O)c1ccccc1)OCCON.CN.CNCCCCCOP(=O)([O-])OC.CNCCCCCOP(=O)([O-])OC.COP(=O)([O-])OCCCCC(O)CO. The van der Waals surface area contributed by atoms with Gasteiger partial charge in [0.15, 0.2) is 0 Å². The maximum absolute atomic E-state index is 12.6. The van der Waals surface area contributed by atoms with Crippen LogP contribution in [0.5, 0.6) is 0 Å². The van der Waals surface area contributed by atoms with E-state index in [0.29, 0.717) is 62.9 Å². The summed E-state index contributed by atoms with van der Waals surface area (Å²) < 4.78 is 83.2. The van der Waals surface area contributed by atoms with Gasteiger partial charge in [-0.2, -0.15) is 0 Å². The van der Waals surface area contributed by atoms with E-state index in [1.807, 2.05) is 40.1 Å². The number of aliphatic hydroxyl groups is 2. The number of unbranched alkanes of at least 4 members (excludes halogenated alkanes) is 6. The van der Waals surface area contributed by atoms with Crippen molar-refractivity contribution >= 4 is 43.9 Å². The molecular weight excluding hydrogens is 1150 g/mol. The Balaban J connectivity index is -0.000000566. The van der Waals surface area contributed by atoms with Crippen LogP contribution in [0, 0.1) is 0 Å². The smallest absolute Gasteiger partial charge is 0.338 e. The fraction of sp³-hybridized carbons (Fsp3) is 0.731. The second kappa shape index (κ2) is 57.8. The number of rotatable bonds is 42. The summed E-state index contributed by atoms with van der Waals surface area (Å²) in [5.74, 6) is 4.22. The first-order valence-electron chi connectivity index (χ1n) is 27.4. The first-order valence-corrected chi connectivity index (χ1v) is 32.9. The molecule has 26 nitrogen and oxygen atoms in total. The molecule has 2 aromatic carbocycles. The van der Waals surface area contributed by atoms with Crippen molar-refractivity contribution in [1.82, 2.24) is 15.3 Å². The van der Waals surface area contributed by atoms with Crippen molar-refractivity contribution < 1.29 is 98.7 Å². The van der Waals surface area contributed by atoms with Gasteiger partial charge in [0.05, 0.1) is 63.5 Å². The molecule has 0 bridgehead atoms. The Morgan fingerprint density at radius 2 is 0.988 bits per heavy atom. The largest absolute Gasteiger partial charge is 0.756 e. The molecule has 0 saturated heterocycles. The molecule has 0 amide bonds. The van der Waals surface area contributed by atoms with E-state index in [2.05, 4.69) is 80.7 Å². The summed E-state index contributed by atoms with van der Waals surface area (Å²) in [7, 11) is -4.90. The quantitative estimate of drug-likeness (QED) is 0.0173. The third-order valence-corrected chi connectivity index (χ3v) is 15.1. The number of carbonyl (C=O) groups excluding carboxylic acids is 2. The van der Waals surface area contributed by atoms with Crippen LogP contribution in [0.2, 0.25) is 0 Å². The normalized spacial score (nSPS) is 14.2. The minimum absolute atomic E-state index is 0.0312. The van der Waals surface area contributed by atoms with Gasteiger partial charge in [0.25, 0.3) is 32.0 Å². The molecule has 0 heterocycles. The van der Waals surface area contributed by atoms with Gasteiger partial charge in [0.2, 0.25) is 0 Å². The fourth-order valence-electron chi connectivity index (χ4n) is 6.14. The fourth-order valence-corrected chi connectivity index (χ4v) is 9.13. The summed E-state index contributed by atoms with van der Waals surface area (Å²) in [6, 6.07) is 18.0. The summed E-state index contributed by atoms with van der Waals surface area (Å²) >= 11 is 0. The Kier molecular flexibility index (Phi) is 60.7. The molecule has 30 heteroatoms. The molecule has 2 aromatic rings. The molecule has 82 heavy (non-hydrogen) atoms. The summed E-state index contributed by atoms with van der Waals surface area (Å²) in [5.41, 5.74) is 5.39. The van der Waals surface area contributed by atoms with Crippen LogP contribution in [0.25, 0.3) is 0 Å². The molecule has 6 atom stereocenters. The second-order valence-corrected chi connectivity index (χ2v) is 23.3. The number of nitrogens with zero attached hydrogens (tertiary/aromatic N) is 1. The maximum Gasteiger partial charge on any atom is 0.338 e. The zero-order valence-corrected chi connectivity index (χ0v) is 54.3. The molecule has 484 valence electrons. The average molecular weight is 1260 g/mol. The Morgan fingerprint density at radius 1 is 0.598 bits per heavy atom. The molecule has 6 unspecified atom stereocenters. The number of nitrogens with two attached hydrogens (primary N) is 2. The van der Waals surface area contributed by atoms with E-state index in [-0.39, 0.29) is 51.7 Å². The topological polar surface area (TPSA) is 376 Å². The lowest BCUT2D eigenvalue weighted by molar-refractivity contribution is -0.224. The van der Waals surface area contributed by atoms with E-state index in [4.69, 9.17) is 34.6 Å². The predicted molar refractivity (Wildman–Crippen MR) is 313 cm³/mol. The maximum atomic E-state index is 12.6. The molecular formula is C52H102N5O21P4-3. The van der Waals surface area contributed by atoms with Gasteiger partial charge in [0, 0.05) is 33.4 Å². The third kappa shape index (κ3) is 52.1. The van der Waals surface area contributed by atoms with Gasteiger partial charge in [-0.3, -0.25) is 13.7 Å². The predicted octanol–water partition coefficient (Wildman–Crippen LogP) is 6.77. The summed E-state index contributed by atoms with van der Waals surface area (Å²) in [6.45, 7) is 15.5. The van der Waals surface area contributed by atoms with Crippen LogP contribution in [0.4, 0.5) is 0 Å². The number of hydrogen-bond donors (Lipinski definition) is 6. The van der Waals surface area contributed by atoms with Gasteiger partial charge < -0.3 is 91.8 Å². The highest BCUT2D eigenvalue weighted by molar-refractivity contribution is 7.46. The van der Waals surface area contributed by atoms with Crippen molar-refractivity contribution in [3.63, 3.8) is 0 Å². The van der Waals surface area contributed by atoms with Crippen molar-refractivity contribution in [1.29, 1.82) is 0 Å². The molecule has 0 aliphatic rings. The number of carbonyl (C=O) groups is 2. The number of ether oxygens (including phenoxy) is 2. The number of nitrogens with one attached hydrogen (secondary N) is 2. The molecule has 2 rings (SSSR count). The van der Waals surface area contributed by atoms with Crippen LogP contribution < -0.4 is 36.9 Å². The standard InChI is InChI=1S/C28H41N2O7P.2C7H18NO4P.C7H17O6P.C2H6.CH5N/c1-22(2)30(23(3)4)38(36-20-19-34-29)35-18-12-11-17-26(37-28(32)25-15-9-6-10-16-25)21-33-27(31)24-13-7-5-8-14-24;2*1-8-6-4-3-5-7-12-13(9,10)11-2;1-12-14(10,11)13-5-3-2-4-7(9)6-8;2*1-2/h5-10,13-16,22-23,26H,11-12,17-21,29H2,1-4H3;2*8H,3-7H2,1-2H3,(H,9,10);7-9H,2-6H2,1H3,(H,10,11);1-2H3;2H2,1H3/p-3. The summed E-state index contributed by atoms with van der Waals surface area (Å²) in [6.07, 6.45) is 7.53. The van der Waals surface area contributed by atoms with Crippen LogP contribution in [-0.4, -0.2) is 160 Å². The highest BCUT2D eigenvalue weighted by atomic mass is 31.2. The van der Waals surface area contributed by atoms with Crippen LogP contribution >= 0.6 is 32.0 Å². The number of hydrogen-bond acceptors (Lipinski definition) is 26. The Bertz CT molecular complexity index is 1850. The molecule has 0 radical (unpaired) electrons. The van der Waals surface area contributed by atoms with Crippen molar-refractivity contribution in [2.24, 2.45) is 11.6 Å². The van der Waals surface area contributed by atoms with E-state index < -0.39 is 56.1 Å². The lowest BCUT2D eigenvalue weighted by Crippen LogP contribution is -2.34. The lowest BCUT2D eigenvalue weighted by Gasteiger charge is -2.35. The van der Waals surface area contributed by atoms with Crippen molar-refractivity contribution in [2.45, 2.75) is 143 Å². The number of benzene rings is 2. The lowest BCUT2D eigenvalue weighted by atomic mass is 10.1. The van der Waals surface area contributed by atoms with Gasteiger partial charge in [-0.05, 0) is 163 Å². The zero-order valence-electron chi connectivity index (χ0n) is 50.7. The van der Waals surface area contributed by atoms with Gasteiger partial charge in [0.1, 0.15) is 12.7 Å². The Hall–Kier alpha value is -2.26. The van der Waals surface area contributed by atoms with E-state index >= 15 is 0 Å². The zero-order chi connectivity index (χ0) is 63.1. The monoisotopic (exact) mass is 1260 g/mol. The minimum Gasteiger partial charge on any atom is -0.756 e. The highest BCUT2D eigenvalue weighted by Gasteiger charge is 2.27. The van der Waals surface area contributed by atoms with Crippen molar-refractivity contribution in [3.05, 3.63) is 71.8 Å². The molecule has 0 aliphatic carbocycles. The van der Waals surface area contributed by atoms with E-state index in [9.17, 15) is 38.0 Å². The summed E-state index contributed by atoms with van der Waals surface area (Å²) in [4.78, 5) is 61.7. The average Bonchev–Trinajstić information content (AvgIpc) is 3.51. The number of phosphoric acid groups is 3. The van der Waals surface area contributed by atoms with Gasteiger partial charge in [-0.25, -0.2) is 20.2 Å². The Morgan fingerprint density at radius 3 is 1.38 bits per heavy atom. The van der Waals surface area contributed by atoms with Gasteiger partial charge >= 0.3 is 11.9 Å². The number of aliphatic hydroxyl groups excluding tert-OH is 2. The highest BCUT2D eigenvalue weighted by Crippen LogP contribution is 2.46. The Labute approximate surface area is 491 Å². The third-order valence-electron chi connectivity index (χ3n) is 10.2. The molecule has 0 aliphatic heterocycles. The first-order chi connectivity index (χ1) is 39.1.